The summed E-state index contributed by atoms with van der Waals surface area (Å²) < 4.78 is 22.6. The zero-order valence-electron chi connectivity index (χ0n) is 19.5. The van der Waals surface area contributed by atoms with E-state index in [4.69, 9.17) is 9.72 Å². The number of hydrogen-bond acceptors (Lipinski definition) is 6. The molecule has 0 unspecified atom stereocenters. The minimum Gasteiger partial charge on any atom is -0.381 e. The number of anilines is 2. The average Bonchev–Trinajstić information content (AvgIpc) is 3.24. The van der Waals surface area contributed by atoms with Crippen molar-refractivity contribution in [1.82, 2.24) is 25.1 Å². The number of aromatic amines is 1. The van der Waals surface area contributed by atoms with Gasteiger partial charge in [0.05, 0.1) is 22.3 Å². The smallest absolute Gasteiger partial charge is 0.259 e. The molecule has 6 rings (SSSR count). The molecule has 2 aliphatic heterocycles. The number of fused-ring (bicyclic) bond motifs is 2. The number of hydrogen-bond donors (Lipinski definition) is 3. The molecule has 0 aliphatic carbocycles. The van der Waals surface area contributed by atoms with Crippen molar-refractivity contribution in [3.8, 4) is 11.3 Å². The van der Waals surface area contributed by atoms with Gasteiger partial charge in [-0.3, -0.25) is 9.48 Å². The van der Waals surface area contributed by atoms with Gasteiger partial charge in [0, 0.05) is 56.2 Å². The Hall–Kier alpha value is -3.56. The molecule has 0 spiro atoms. The Labute approximate surface area is 201 Å². The quantitative estimate of drug-likeness (QED) is 0.417. The highest BCUT2D eigenvalue weighted by molar-refractivity contribution is 5.94. The number of aryl methyl sites for hydroxylation is 1. The lowest BCUT2D eigenvalue weighted by Crippen LogP contribution is -2.24. The first-order valence-corrected chi connectivity index (χ1v) is 12.0. The second-order valence-electron chi connectivity index (χ2n) is 9.20. The number of pyridine rings is 2. The Kier molecular flexibility index (Phi) is 5.58. The van der Waals surface area contributed by atoms with Gasteiger partial charge in [0.2, 0.25) is 0 Å². The van der Waals surface area contributed by atoms with E-state index < -0.39 is 0 Å². The number of rotatable bonds is 4. The number of nitrogens with zero attached hydrogens (tertiary/aromatic N) is 3. The average molecular weight is 475 g/mol. The summed E-state index contributed by atoms with van der Waals surface area (Å²) in [5, 5.41) is 11.8. The molecule has 0 radical (unpaired) electrons. The number of aromatic nitrogens is 4. The van der Waals surface area contributed by atoms with Crippen LogP contribution in [0.5, 0.6) is 0 Å². The van der Waals surface area contributed by atoms with E-state index in [1.165, 1.54) is 6.07 Å². The fourth-order valence-electron chi connectivity index (χ4n) is 5.30. The molecule has 3 aromatic heterocycles. The highest BCUT2D eigenvalue weighted by Gasteiger charge is 2.23. The van der Waals surface area contributed by atoms with Crippen molar-refractivity contribution < 1.29 is 9.13 Å². The normalized spacial score (nSPS) is 16.4. The summed E-state index contributed by atoms with van der Waals surface area (Å²) in [6, 6.07) is 8.86. The van der Waals surface area contributed by atoms with Gasteiger partial charge >= 0.3 is 0 Å². The maximum atomic E-state index is 15.2. The monoisotopic (exact) mass is 474 g/mol. The Morgan fingerprint density at radius 3 is 2.91 bits per heavy atom. The summed E-state index contributed by atoms with van der Waals surface area (Å²) >= 11 is 0. The SMILES string of the molecule is Cn1nc(Nc2cc(-c3c(F)ccc4c3CCNC4)nc3cc[nH]c(=O)c23)cc1C1CCOCC1. The van der Waals surface area contributed by atoms with Crippen LogP contribution in [-0.4, -0.2) is 39.5 Å². The molecule has 8 nitrogen and oxygen atoms in total. The summed E-state index contributed by atoms with van der Waals surface area (Å²) in [5.41, 5.74) is 4.95. The van der Waals surface area contributed by atoms with Crippen molar-refractivity contribution in [2.45, 2.75) is 31.7 Å². The van der Waals surface area contributed by atoms with Gasteiger partial charge in [-0.05, 0) is 55.1 Å². The summed E-state index contributed by atoms with van der Waals surface area (Å²) in [4.78, 5) is 20.2. The van der Waals surface area contributed by atoms with Crippen LogP contribution in [0.15, 0.2) is 41.3 Å². The minimum atomic E-state index is -0.312. The molecule has 35 heavy (non-hydrogen) atoms. The van der Waals surface area contributed by atoms with E-state index in [1.807, 2.05) is 23.9 Å². The van der Waals surface area contributed by atoms with Crippen LogP contribution >= 0.6 is 0 Å². The third-order valence-electron chi connectivity index (χ3n) is 7.03. The molecular weight excluding hydrogens is 447 g/mol. The van der Waals surface area contributed by atoms with Crippen molar-refractivity contribution in [3.63, 3.8) is 0 Å². The lowest BCUT2D eigenvalue weighted by atomic mass is 9.92. The highest BCUT2D eigenvalue weighted by atomic mass is 19.1. The second-order valence-corrected chi connectivity index (χ2v) is 9.20. The van der Waals surface area contributed by atoms with Gasteiger partial charge in [-0.2, -0.15) is 5.10 Å². The van der Waals surface area contributed by atoms with Crippen LogP contribution < -0.4 is 16.2 Å². The molecular formula is C26H27FN6O2. The van der Waals surface area contributed by atoms with Gasteiger partial charge < -0.3 is 20.4 Å². The number of ether oxygens (including phenoxy) is 1. The third-order valence-corrected chi connectivity index (χ3v) is 7.03. The van der Waals surface area contributed by atoms with Gasteiger partial charge in [-0.1, -0.05) is 6.07 Å². The summed E-state index contributed by atoms with van der Waals surface area (Å²) in [7, 11) is 1.93. The summed E-state index contributed by atoms with van der Waals surface area (Å²) in [6.07, 6.45) is 4.19. The van der Waals surface area contributed by atoms with Crippen molar-refractivity contribution in [3.05, 3.63) is 69.5 Å². The van der Waals surface area contributed by atoms with E-state index in [0.717, 1.165) is 55.8 Å². The van der Waals surface area contributed by atoms with E-state index >= 15 is 4.39 Å². The molecule has 3 N–H and O–H groups in total. The molecule has 4 aromatic rings. The number of nitrogens with one attached hydrogen (secondary N) is 3. The zero-order chi connectivity index (χ0) is 23.9. The molecule has 180 valence electrons. The van der Waals surface area contributed by atoms with Crippen LogP contribution in [0.4, 0.5) is 15.9 Å². The van der Waals surface area contributed by atoms with Crippen molar-refractivity contribution >= 4 is 22.4 Å². The molecule has 0 atom stereocenters. The predicted octanol–water partition coefficient (Wildman–Crippen LogP) is 3.75. The predicted molar refractivity (Wildman–Crippen MR) is 132 cm³/mol. The number of halogens is 1. The first kappa shape index (κ1) is 21.9. The van der Waals surface area contributed by atoms with Gasteiger partial charge in [-0.25, -0.2) is 9.37 Å². The third kappa shape index (κ3) is 4.00. The Morgan fingerprint density at radius 2 is 2.06 bits per heavy atom. The van der Waals surface area contributed by atoms with Crippen LogP contribution in [0.1, 0.15) is 35.6 Å². The summed E-state index contributed by atoms with van der Waals surface area (Å²) in [5.74, 6) is 0.701. The first-order chi connectivity index (χ1) is 17.1. The molecule has 9 heteroatoms. The van der Waals surface area contributed by atoms with Crippen LogP contribution in [0, 0.1) is 5.82 Å². The molecule has 1 aromatic carbocycles. The fourth-order valence-corrected chi connectivity index (χ4v) is 5.30. The van der Waals surface area contributed by atoms with Crippen LogP contribution in [0.25, 0.3) is 22.2 Å². The van der Waals surface area contributed by atoms with Gasteiger partial charge in [0.25, 0.3) is 5.56 Å². The van der Waals surface area contributed by atoms with Crippen LogP contribution in [0.3, 0.4) is 0 Å². The molecule has 1 saturated heterocycles. The first-order valence-electron chi connectivity index (χ1n) is 12.0. The Bertz CT molecular complexity index is 1470. The molecule has 2 aliphatic rings. The largest absolute Gasteiger partial charge is 0.381 e. The lowest BCUT2D eigenvalue weighted by Gasteiger charge is -2.21. The maximum absolute atomic E-state index is 15.2. The van der Waals surface area contributed by atoms with Gasteiger partial charge in [0.15, 0.2) is 5.82 Å². The number of benzene rings is 1. The zero-order valence-corrected chi connectivity index (χ0v) is 19.5. The second kappa shape index (κ2) is 8.90. The van der Waals surface area contributed by atoms with Gasteiger partial charge in [-0.15, -0.1) is 0 Å². The van der Waals surface area contributed by atoms with Crippen molar-refractivity contribution in [1.29, 1.82) is 0 Å². The van der Waals surface area contributed by atoms with E-state index in [0.29, 0.717) is 46.1 Å². The fraction of sp³-hybridized carbons (Fsp3) is 0.346. The lowest BCUT2D eigenvalue weighted by molar-refractivity contribution is 0.0837. The van der Waals surface area contributed by atoms with Crippen molar-refractivity contribution in [2.75, 3.05) is 25.1 Å². The Balaban J connectivity index is 1.47. The number of H-pyrrole nitrogens is 1. The van der Waals surface area contributed by atoms with Crippen LogP contribution in [-0.2, 0) is 24.8 Å². The standard InChI is InChI=1S/C26H27FN6O2/c1-33-22(15-6-10-35-11-7-15)13-23(32-33)31-21-12-20(30-19-5-9-29-26(34)25(19)21)24-17-4-8-28-14-16(17)2-3-18(24)27/h2-3,5,9,12-13,15,28H,4,6-8,10-11,14H2,1H3,(H,29,34)(H,30,31,32). The molecule has 0 saturated carbocycles. The maximum Gasteiger partial charge on any atom is 0.259 e. The molecule has 0 amide bonds. The Morgan fingerprint density at radius 1 is 1.20 bits per heavy atom. The van der Waals surface area contributed by atoms with Crippen molar-refractivity contribution in [2.24, 2.45) is 7.05 Å². The van der Waals surface area contributed by atoms with E-state index in [1.54, 1.807) is 18.3 Å². The molecule has 5 heterocycles. The van der Waals surface area contributed by atoms with E-state index in [9.17, 15) is 4.79 Å². The van der Waals surface area contributed by atoms with Crippen LogP contribution in [0.2, 0.25) is 0 Å². The molecule has 1 fully saturated rings. The summed E-state index contributed by atoms with van der Waals surface area (Å²) in [6.45, 7) is 2.97. The topological polar surface area (TPSA) is 96.9 Å². The molecule has 0 bridgehead atoms. The minimum absolute atomic E-state index is 0.260. The van der Waals surface area contributed by atoms with Gasteiger partial charge in [0.1, 0.15) is 5.82 Å². The van der Waals surface area contributed by atoms with E-state index in [-0.39, 0.29) is 11.4 Å². The van der Waals surface area contributed by atoms with E-state index in [2.05, 4.69) is 20.7 Å². The highest BCUT2D eigenvalue weighted by Crippen LogP contribution is 2.35.